The summed E-state index contributed by atoms with van der Waals surface area (Å²) in [5, 5.41) is 4.44. The molecule has 0 aliphatic heterocycles. The Balaban J connectivity index is 1.59. The average molecular weight is 497 g/mol. The summed E-state index contributed by atoms with van der Waals surface area (Å²) in [6.45, 7) is 4.39. The number of halogens is 1. The van der Waals surface area contributed by atoms with Crippen molar-refractivity contribution in [3.63, 3.8) is 0 Å². The fraction of sp³-hybridized carbons (Fsp3) is 0.192. The van der Waals surface area contributed by atoms with E-state index in [0.29, 0.717) is 46.6 Å². The molecule has 0 radical (unpaired) electrons. The van der Waals surface area contributed by atoms with Gasteiger partial charge >= 0.3 is 5.97 Å². The minimum Gasteiger partial charge on any atom is -0.494 e. The van der Waals surface area contributed by atoms with Gasteiger partial charge in [0.15, 0.2) is 18.1 Å². The summed E-state index contributed by atoms with van der Waals surface area (Å²) in [5.74, 6) is 0.821. The zero-order valence-corrected chi connectivity index (χ0v) is 20.1. The van der Waals surface area contributed by atoms with Gasteiger partial charge in [0.25, 0.3) is 5.91 Å². The predicted molar refractivity (Wildman–Crippen MR) is 133 cm³/mol. The molecule has 0 spiro atoms. The van der Waals surface area contributed by atoms with Crippen molar-refractivity contribution >= 4 is 29.7 Å². The second-order valence-corrected chi connectivity index (χ2v) is 7.46. The van der Waals surface area contributed by atoms with Crippen LogP contribution in [0.3, 0.4) is 0 Å². The van der Waals surface area contributed by atoms with E-state index in [1.807, 2.05) is 13.8 Å². The summed E-state index contributed by atoms with van der Waals surface area (Å²) < 4.78 is 21.9. The summed E-state index contributed by atoms with van der Waals surface area (Å²) in [4.78, 5) is 24.5. The molecule has 0 saturated heterocycles. The van der Waals surface area contributed by atoms with Gasteiger partial charge in [0.2, 0.25) is 0 Å². The molecule has 0 atom stereocenters. The average Bonchev–Trinajstić information content (AvgIpc) is 2.85. The number of hydrogen-bond acceptors (Lipinski definition) is 7. The van der Waals surface area contributed by atoms with Gasteiger partial charge < -0.3 is 18.9 Å². The third kappa shape index (κ3) is 8.04. The van der Waals surface area contributed by atoms with Crippen LogP contribution >= 0.6 is 11.6 Å². The molecule has 0 bridgehead atoms. The van der Waals surface area contributed by atoms with Crippen molar-refractivity contribution < 1.29 is 28.5 Å². The molecular formula is C26H25ClN2O6. The summed E-state index contributed by atoms with van der Waals surface area (Å²) >= 11 is 5.89. The molecule has 0 fully saturated rings. The molecule has 8 nitrogen and oxygen atoms in total. The molecule has 9 heteroatoms. The minimum absolute atomic E-state index is 0.220. The van der Waals surface area contributed by atoms with Crippen molar-refractivity contribution in [1.82, 2.24) is 5.43 Å². The monoisotopic (exact) mass is 496 g/mol. The Labute approximate surface area is 208 Å². The molecule has 0 unspecified atom stereocenters. The van der Waals surface area contributed by atoms with Gasteiger partial charge in [0.05, 0.1) is 25.0 Å². The summed E-state index contributed by atoms with van der Waals surface area (Å²) in [6.07, 6.45) is 1.44. The number of carbonyl (C=O) groups excluding carboxylic acids is 2. The molecule has 182 valence electrons. The molecule has 35 heavy (non-hydrogen) atoms. The lowest BCUT2D eigenvalue weighted by Crippen LogP contribution is -2.24. The maximum atomic E-state index is 12.5. The van der Waals surface area contributed by atoms with E-state index in [2.05, 4.69) is 10.5 Å². The van der Waals surface area contributed by atoms with Crippen molar-refractivity contribution in [2.24, 2.45) is 5.10 Å². The molecule has 1 N–H and O–H groups in total. The van der Waals surface area contributed by atoms with Crippen LogP contribution in [-0.2, 0) is 4.79 Å². The zero-order valence-electron chi connectivity index (χ0n) is 19.3. The highest BCUT2D eigenvalue weighted by Crippen LogP contribution is 2.29. The number of esters is 1. The molecule has 3 rings (SSSR count). The van der Waals surface area contributed by atoms with Crippen LogP contribution in [0.15, 0.2) is 71.8 Å². The van der Waals surface area contributed by atoms with Gasteiger partial charge in [0.1, 0.15) is 11.5 Å². The molecule has 0 aromatic heterocycles. The zero-order chi connectivity index (χ0) is 25.0. The highest BCUT2D eigenvalue weighted by Gasteiger charge is 2.13. The summed E-state index contributed by atoms with van der Waals surface area (Å²) in [6, 6.07) is 18.4. The number of ether oxygens (including phenoxy) is 4. The number of nitrogens with one attached hydrogen (secondary N) is 1. The van der Waals surface area contributed by atoms with Crippen molar-refractivity contribution in [2.75, 3.05) is 19.8 Å². The third-order valence-corrected chi connectivity index (χ3v) is 4.68. The van der Waals surface area contributed by atoms with Gasteiger partial charge in [-0.25, -0.2) is 10.2 Å². The van der Waals surface area contributed by atoms with Crippen LogP contribution in [0.5, 0.6) is 23.0 Å². The van der Waals surface area contributed by atoms with Gasteiger partial charge in [-0.05, 0) is 80.1 Å². The molecule has 0 aliphatic rings. The maximum absolute atomic E-state index is 12.5. The number of hydrogen-bond donors (Lipinski definition) is 1. The molecule has 0 aliphatic carbocycles. The van der Waals surface area contributed by atoms with Crippen LogP contribution in [0, 0.1) is 0 Å². The van der Waals surface area contributed by atoms with Crippen molar-refractivity contribution in [3.05, 3.63) is 82.9 Å². The number of nitrogens with zero attached hydrogens (tertiary/aromatic N) is 1. The Bertz CT molecular complexity index is 1180. The molecule has 3 aromatic carbocycles. The van der Waals surface area contributed by atoms with Crippen LogP contribution in [0.1, 0.15) is 29.8 Å². The Morgan fingerprint density at radius 1 is 0.886 bits per heavy atom. The van der Waals surface area contributed by atoms with Crippen molar-refractivity contribution in [1.29, 1.82) is 0 Å². The maximum Gasteiger partial charge on any atom is 0.343 e. The first-order valence-electron chi connectivity index (χ1n) is 10.9. The van der Waals surface area contributed by atoms with E-state index < -0.39 is 11.9 Å². The Hall–Kier alpha value is -4.04. The second kappa shape index (κ2) is 13.0. The number of hydrazone groups is 1. The van der Waals surface area contributed by atoms with Crippen LogP contribution in [0.2, 0.25) is 5.02 Å². The first kappa shape index (κ1) is 25.6. The quantitative estimate of drug-likeness (QED) is 0.176. The van der Waals surface area contributed by atoms with Crippen molar-refractivity contribution in [3.8, 4) is 23.0 Å². The van der Waals surface area contributed by atoms with Crippen LogP contribution < -0.4 is 24.4 Å². The number of rotatable bonds is 11. The summed E-state index contributed by atoms with van der Waals surface area (Å²) in [5.41, 5.74) is 3.39. The van der Waals surface area contributed by atoms with E-state index in [1.54, 1.807) is 66.7 Å². The van der Waals surface area contributed by atoms with Gasteiger partial charge in [-0.15, -0.1) is 0 Å². The Morgan fingerprint density at radius 2 is 1.66 bits per heavy atom. The molecule has 1 amide bonds. The first-order valence-corrected chi connectivity index (χ1v) is 11.3. The highest BCUT2D eigenvalue weighted by molar-refractivity contribution is 6.30. The molecule has 3 aromatic rings. The fourth-order valence-corrected chi connectivity index (χ4v) is 3.07. The fourth-order valence-electron chi connectivity index (χ4n) is 2.89. The van der Waals surface area contributed by atoms with Gasteiger partial charge in [-0.2, -0.15) is 5.10 Å². The summed E-state index contributed by atoms with van der Waals surface area (Å²) in [7, 11) is 0. The topological polar surface area (TPSA) is 95.5 Å². The number of carbonyl (C=O) groups is 2. The Morgan fingerprint density at radius 3 is 2.37 bits per heavy atom. The third-order valence-electron chi connectivity index (χ3n) is 4.44. The Kier molecular flexibility index (Phi) is 9.50. The van der Waals surface area contributed by atoms with E-state index in [1.165, 1.54) is 6.21 Å². The minimum atomic E-state index is -0.526. The van der Waals surface area contributed by atoms with E-state index in [9.17, 15) is 9.59 Å². The van der Waals surface area contributed by atoms with Crippen LogP contribution in [0.4, 0.5) is 0 Å². The number of benzene rings is 3. The van der Waals surface area contributed by atoms with E-state index in [-0.39, 0.29) is 12.4 Å². The molecular weight excluding hydrogens is 472 g/mol. The second-order valence-electron chi connectivity index (χ2n) is 7.03. The normalized spacial score (nSPS) is 10.6. The lowest BCUT2D eigenvalue weighted by molar-refractivity contribution is -0.123. The van der Waals surface area contributed by atoms with Gasteiger partial charge in [0, 0.05) is 5.02 Å². The van der Waals surface area contributed by atoms with Crippen molar-refractivity contribution in [2.45, 2.75) is 13.8 Å². The molecule has 0 heterocycles. The van der Waals surface area contributed by atoms with E-state index in [4.69, 9.17) is 30.5 Å². The standard InChI is InChI=1S/C26H25ClN2O6/c1-3-32-21-11-9-19(10-12-21)26(31)35-23-13-8-18(14-24(23)33-4-2)16-28-29-25(30)17-34-22-7-5-6-20(27)15-22/h5-16H,3-4,17H2,1-2H3,(H,29,30)/b28-16-. The van der Waals surface area contributed by atoms with Crippen LogP contribution in [0.25, 0.3) is 0 Å². The van der Waals surface area contributed by atoms with E-state index in [0.717, 1.165) is 0 Å². The SMILES string of the molecule is CCOc1ccc(C(=O)Oc2ccc(/C=N\NC(=O)COc3cccc(Cl)c3)cc2OCC)cc1. The first-order chi connectivity index (χ1) is 17.0. The van der Waals surface area contributed by atoms with Gasteiger partial charge in [-0.1, -0.05) is 17.7 Å². The lowest BCUT2D eigenvalue weighted by Gasteiger charge is -2.11. The highest BCUT2D eigenvalue weighted by atomic mass is 35.5. The molecule has 0 saturated carbocycles. The largest absolute Gasteiger partial charge is 0.494 e. The predicted octanol–water partition coefficient (Wildman–Crippen LogP) is 4.89. The van der Waals surface area contributed by atoms with E-state index >= 15 is 0 Å². The smallest absolute Gasteiger partial charge is 0.343 e. The van der Waals surface area contributed by atoms with Crippen LogP contribution in [-0.4, -0.2) is 37.9 Å². The number of amides is 1. The lowest BCUT2D eigenvalue weighted by atomic mass is 10.2. The van der Waals surface area contributed by atoms with Gasteiger partial charge in [-0.3, -0.25) is 4.79 Å².